The van der Waals surface area contributed by atoms with Crippen LogP contribution in [0.4, 0.5) is 23.7 Å². The summed E-state index contributed by atoms with van der Waals surface area (Å²) >= 11 is 0. The van der Waals surface area contributed by atoms with Crippen LogP contribution in [0, 0.1) is 5.82 Å². The molecule has 1 aliphatic carbocycles. The minimum atomic E-state index is -3.37. The molecular formula is C16H17F3N4O. The maximum absolute atomic E-state index is 14.0. The third-order valence-corrected chi connectivity index (χ3v) is 3.79. The molecule has 1 aromatic carbocycles. The van der Waals surface area contributed by atoms with Crippen molar-refractivity contribution in [2.24, 2.45) is 7.05 Å². The van der Waals surface area contributed by atoms with Crippen LogP contribution in [0.25, 0.3) is 0 Å². The fraction of sp³-hybridized carbons (Fsp3) is 0.375. The zero-order chi connectivity index (χ0) is 17.3. The first-order chi connectivity index (χ1) is 11.3. The number of amides is 2. The molecule has 3 rings (SSSR count). The van der Waals surface area contributed by atoms with Gasteiger partial charge in [0.05, 0.1) is 17.9 Å². The SMILES string of the molecule is Cn1cc(NC(=O)NCC(F)(F)c2cccc(F)c2)c(C2CC2)n1. The molecule has 0 bridgehead atoms. The van der Waals surface area contributed by atoms with Gasteiger partial charge in [-0.15, -0.1) is 0 Å². The van der Waals surface area contributed by atoms with Crippen molar-refractivity contribution in [3.05, 3.63) is 47.5 Å². The second-order valence-electron chi connectivity index (χ2n) is 5.90. The van der Waals surface area contributed by atoms with Crippen LogP contribution in [-0.4, -0.2) is 22.4 Å². The van der Waals surface area contributed by atoms with Crippen LogP contribution in [0.1, 0.15) is 30.0 Å². The smallest absolute Gasteiger partial charge is 0.319 e. The van der Waals surface area contributed by atoms with E-state index in [0.717, 1.165) is 36.7 Å². The monoisotopic (exact) mass is 338 g/mol. The van der Waals surface area contributed by atoms with E-state index >= 15 is 0 Å². The van der Waals surface area contributed by atoms with Crippen LogP contribution < -0.4 is 10.6 Å². The molecule has 5 nitrogen and oxygen atoms in total. The fourth-order valence-electron chi connectivity index (χ4n) is 2.44. The van der Waals surface area contributed by atoms with Gasteiger partial charge >= 0.3 is 6.03 Å². The lowest BCUT2D eigenvalue weighted by Crippen LogP contribution is -2.37. The summed E-state index contributed by atoms with van der Waals surface area (Å²) in [6, 6.07) is 3.42. The van der Waals surface area contributed by atoms with Crippen LogP contribution >= 0.6 is 0 Å². The van der Waals surface area contributed by atoms with Gasteiger partial charge in [0, 0.05) is 24.7 Å². The quantitative estimate of drug-likeness (QED) is 0.878. The molecule has 1 aromatic heterocycles. The third kappa shape index (κ3) is 3.69. The summed E-state index contributed by atoms with van der Waals surface area (Å²) in [5.41, 5.74) is 0.805. The Morgan fingerprint density at radius 2 is 2.17 bits per heavy atom. The van der Waals surface area contributed by atoms with E-state index in [4.69, 9.17) is 0 Å². The van der Waals surface area contributed by atoms with E-state index in [1.54, 1.807) is 17.9 Å². The number of anilines is 1. The molecule has 1 heterocycles. The Labute approximate surface area is 136 Å². The maximum atomic E-state index is 14.0. The number of benzene rings is 1. The van der Waals surface area contributed by atoms with Gasteiger partial charge in [0.1, 0.15) is 5.82 Å². The molecule has 0 spiro atoms. The number of hydrogen-bond acceptors (Lipinski definition) is 2. The number of nitrogens with zero attached hydrogens (tertiary/aromatic N) is 2. The van der Waals surface area contributed by atoms with Crippen molar-refractivity contribution in [3.8, 4) is 0 Å². The minimum Gasteiger partial charge on any atom is -0.331 e. The number of aromatic nitrogens is 2. The predicted octanol–water partition coefficient (Wildman–Crippen LogP) is 3.35. The molecule has 0 atom stereocenters. The summed E-state index contributed by atoms with van der Waals surface area (Å²) in [5.74, 6) is -3.80. The molecule has 0 radical (unpaired) electrons. The summed E-state index contributed by atoms with van der Waals surface area (Å²) in [4.78, 5) is 11.9. The fourth-order valence-corrected chi connectivity index (χ4v) is 2.44. The highest BCUT2D eigenvalue weighted by Gasteiger charge is 2.33. The van der Waals surface area contributed by atoms with E-state index in [1.165, 1.54) is 6.07 Å². The van der Waals surface area contributed by atoms with E-state index in [1.807, 2.05) is 0 Å². The second-order valence-corrected chi connectivity index (χ2v) is 5.90. The molecule has 1 fully saturated rings. The van der Waals surface area contributed by atoms with E-state index in [-0.39, 0.29) is 0 Å². The summed E-state index contributed by atoms with van der Waals surface area (Å²) in [6.07, 6.45) is 3.65. The van der Waals surface area contributed by atoms with Crippen molar-refractivity contribution < 1.29 is 18.0 Å². The van der Waals surface area contributed by atoms with E-state index < -0.39 is 29.9 Å². The largest absolute Gasteiger partial charge is 0.331 e. The molecule has 2 N–H and O–H groups in total. The number of halogens is 3. The normalized spacial score (nSPS) is 14.5. The van der Waals surface area contributed by atoms with Gasteiger partial charge in [0.15, 0.2) is 0 Å². The van der Waals surface area contributed by atoms with Crippen LogP contribution in [0.15, 0.2) is 30.5 Å². The molecule has 0 saturated heterocycles. The predicted molar refractivity (Wildman–Crippen MR) is 82.5 cm³/mol. The Balaban J connectivity index is 1.61. The van der Waals surface area contributed by atoms with E-state index in [0.29, 0.717) is 11.6 Å². The topological polar surface area (TPSA) is 59.0 Å². The molecule has 2 amide bonds. The van der Waals surface area contributed by atoms with Gasteiger partial charge in [0.2, 0.25) is 0 Å². The highest BCUT2D eigenvalue weighted by Crippen LogP contribution is 2.42. The van der Waals surface area contributed by atoms with Crippen molar-refractivity contribution in [1.82, 2.24) is 15.1 Å². The zero-order valence-electron chi connectivity index (χ0n) is 13.0. The first-order valence-corrected chi connectivity index (χ1v) is 7.57. The molecule has 24 heavy (non-hydrogen) atoms. The van der Waals surface area contributed by atoms with Crippen LogP contribution in [0.5, 0.6) is 0 Å². The average Bonchev–Trinajstić information content (AvgIpc) is 3.30. The Bertz CT molecular complexity index is 756. The number of alkyl halides is 2. The van der Waals surface area contributed by atoms with Crippen LogP contribution in [-0.2, 0) is 13.0 Å². The Morgan fingerprint density at radius 3 is 2.83 bits per heavy atom. The van der Waals surface area contributed by atoms with Crippen molar-refractivity contribution in [2.75, 3.05) is 11.9 Å². The van der Waals surface area contributed by atoms with Gasteiger partial charge in [-0.1, -0.05) is 12.1 Å². The van der Waals surface area contributed by atoms with Crippen molar-refractivity contribution in [2.45, 2.75) is 24.7 Å². The molecule has 8 heteroatoms. The van der Waals surface area contributed by atoms with Gasteiger partial charge in [-0.2, -0.15) is 13.9 Å². The summed E-state index contributed by atoms with van der Waals surface area (Å²) < 4.78 is 42.7. The van der Waals surface area contributed by atoms with Gasteiger partial charge in [-0.05, 0) is 25.0 Å². The average molecular weight is 338 g/mol. The highest BCUT2D eigenvalue weighted by atomic mass is 19.3. The van der Waals surface area contributed by atoms with Crippen LogP contribution in [0.2, 0.25) is 0 Å². The van der Waals surface area contributed by atoms with Crippen molar-refractivity contribution in [3.63, 3.8) is 0 Å². The van der Waals surface area contributed by atoms with Crippen LogP contribution in [0.3, 0.4) is 0 Å². The zero-order valence-corrected chi connectivity index (χ0v) is 13.0. The van der Waals surface area contributed by atoms with Gasteiger partial charge in [-0.25, -0.2) is 9.18 Å². The molecule has 0 aliphatic heterocycles. The number of carbonyl (C=O) groups excluding carboxylic acids is 1. The standard InChI is InChI=1S/C16H17F3N4O/c1-23-8-13(14(22-23)10-5-6-10)21-15(24)20-9-16(18,19)11-3-2-4-12(17)7-11/h2-4,7-8,10H,5-6,9H2,1H3,(H2,20,21,24). The molecule has 2 aromatic rings. The number of aryl methyl sites for hydroxylation is 1. The maximum Gasteiger partial charge on any atom is 0.319 e. The number of nitrogens with one attached hydrogen (secondary N) is 2. The van der Waals surface area contributed by atoms with Gasteiger partial charge < -0.3 is 10.6 Å². The summed E-state index contributed by atoms with van der Waals surface area (Å²) in [6.45, 7) is -0.929. The highest BCUT2D eigenvalue weighted by molar-refractivity contribution is 5.89. The third-order valence-electron chi connectivity index (χ3n) is 3.79. The Kier molecular flexibility index (Phi) is 4.21. The lowest BCUT2D eigenvalue weighted by Gasteiger charge is -2.17. The molecule has 1 aliphatic rings. The molecule has 1 saturated carbocycles. The number of carbonyl (C=O) groups is 1. The van der Waals surface area contributed by atoms with Gasteiger partial charge in [-0.3, -0.25) is 4.68 Å². The lowest BCUT2D eigenvalue weighted by molar-refractivity contribution is -0.000372. The number of rotatable bonds is 5. The van der Waals surface area contributed by atoms with E-state index in [2.05, 4.69) is 15.7 Å². The molecule has 0 unspecified atom stereocenters. The van der Waals surface area contributed by atoms with E-state index in [9.17, 15) is 18.0 Å². The molecular weight excluding hydrogens is 321 g/mol. The lowest BCUT2D eigenvalue weighted by atomic mass is 10.1. The first kappa shape index (κ1) is 16.4. The molecule has 128 valence electrons. The van der Waals surface area contributed by atoms with Crippen molar-refractivity contribution >= 4 is 11.7 Å². The Morgan fingerprint density at radius 1 is 1.42 bits per heavy atom. The summed E-state index contributed by atoms with van der Waals surface area (Å²) in [5, 5.41) is 8.95. The summed E-state index contributed by atoms with van der Waals surface area (Å²) in [7, 11) is 1.73. The minimum absolute atomic E-state index is 0.315. The number of hydrogen-bond donors (Lipinski definition) is 2. The van der Waals surface area contributed by atoms with Gasteiger partial charge in [0.25, 0.3) is 5.92 Å². The van der Waals surface area contributed by atoms with Crippen molar-refractivity contribution in [1.29, 1.82) is 0 Å². The number of urea groups is 1. The second kappa shape index (κ2) is 6.18. The first-order valence-electron chi connectivity index (χ1n) is 7.57. The Hall–Kier alpha value is -2.51.